The van der Waals surface area contributed by atoms with E-state index in [2.05, 4.69) is 20.3 Å². The maximum Gasteiger partial charge on any atom is 0.343 e. The van der Waals surface area contributed by atoms with Crippen LogP contribution in [0.1, 0.15) is 15.9 Å². The lowest BCUT2D eigenvalue weighted by atomic mass is 10.2. The number of rotatable bonds is 6. The average Bonchev–Trinajstić information content (AvgIpc) is 3.14. The molecule has 32 heavy (non-hydrogen) atoms. The summed E-state index contributed by atoms with van der Waals surface area (Å²) in [5, 5.41) is 10.6. The Morgan fingerprint density at radius 3 is 2.59 bits per heavy atom. The molecule has 1 aliphatic heterocycles. The lowest BCUT2D eigenvalue weighted by molar-refractivity contribution is -0.135. The molecule has 1 aliphatic rings. The molecule has 0 saturated carbocycles. The fourth-order valence-corrected chi connectivity index (χ4v) is 3.42. The highest BCUT2D eigenvalue weighted by atomic mass is 35.5. The van der Waals surface area contributed by atoms with Gasteiger partial charge < -0.3 is 14.2 Å². The second-order valence-corrected chi connectivity index (χ2v) is 7.47. The predicted molar refractivity (Wildman–Crippen MR) is 120 cm³/mol. The number of hydrogen-bond donors (Lipinski definition) is 1. The summed E-state index contributed by atoms with van der Waals surface area (Å²) < 4.78 is 15.2. The van der Waals surface area contributed by atoms with Crippen molar-refractivity contribution in [2.75, 3.05) is 14.2 Å². The summed E-state index contributed by atoms with van der Waals surface area (Å²) in [6.45, 7) is 0. The Labute approximate surface area is 192 Å². The van der Waals surface area contributed by atoms with Gasteiger partial charge in [0.25, 0.3) is 5.91 Å². The summed E-state index contributed by atoms with van der Waals surface area (Å²) in [7, 11) is 2.62. The Bertz CT molecular complexity index is 1150. The maximum absolute atomic E-state index is 12.3. The molecular formula is C21H16ClN3O6S. The first-order valence-corrected chi connectivity index (χ1v) is 10.2. The molecule has 1 heterocycles. The number of halogens is 1. The Balaban J connectivity index is 1.75. The van der Waals surface area contributed by atoms with Gasteiger partial charge in [0.15, 0.2) is 16.7 Å². The van der Waals surface area contributed by atoms with E-state index in [1.807, 2.05) is 0 Å². The second-order valence-electron chi connectivity index (χ2n) is 6.03. The number of esters is 2. The van der Waals surface area contributed by atoms with Gasteiger partial charge in [0.2, 0.25) is 0 Å². The third-order valence-corrected chi connectivity index (χ3v) is 5.09. The van der Waals surface area contributed by atoms with E-state index in [0.29, 0.717) is 11.1 Å². The van der Waals surface area contributed by atoms with Crippen LogP contribution in [0.2, 0.25) is 5.02 Å². The van der Waals surface area contributed by atoms with Crippen molar-refractivity contribution in [1.82, 2.24) is 5.32 Å². The van der Waals surface area contributed by atoms with E-state index in [-0.39, 0.29) is 26.6 Å². The number of carbonyl (C=O) groups is 3. The molecule has 0 unspecified atom stereocenters. The van der Waals surface area contributed by atoms with Crippen LogP contribution in [0, 0.1) is 0 Å². The minimum absolute atomic E-state index is 0.0719. The van der Waals surface area contributed by atoms with E-state index in [1.54, 1.807) is 36.4 Å². The van der Waals surface area contributed by atoms with Gasteiger partial charge in [0, 0.05) is 11.6 Å². The Kier molecular flexibility index (Phi) is 7.63. The lowest BCUT2D eigenvalue weighted by Crippen LogP contribution is -2.19. The Morgan fingerprint density at radius 2 is 1.91 bits per heavy atom. The van der Waals surface area contributed by atoms with Crippen LogP contribution in [0.25, 0.3) is 0 Å². The molecule has 164 valence electrons. The van der Waals surface area contributed by atoms with Crippen LogP contribution in [-0.2, 0) is 14.3 Å². The highest BCUT2D eigenvalue weighted by molar-refractivity contribution is 8.18. The fourth-order valence-electron chi connectivity index (χ4n) is 2.43. The first kappa shape index (κ1) is 23.0. The second kappa shape index (κ2) is 10.6. The quantitative estimate of drug-likeness (QED) is 0.225. The van der Waals surface area contributed by atoms with Gasteiger partial charge in [0.1, 0.15) is 0 Å². The van der Waals surface area contributed by atoms with Crippen molar-refractivity contribution >= 4 is 52.6 Å². The lowest BCUT2D eigenvalue weighted by Gasteiger charge is -2.11. The van der Waals surface area contributed by atoms with E-state index < -0.39 is 17.8 Å². The molecule has 1 amide bonds. The molecule has 0 aromatic heterocycles. The number of methoxy groups -OCH3 is 2. The number of amidine groups is 1. The van der Waals surface area contributed by atoms with E-state index in [4.69, 9.17) is 21.1 Å². The van der Waals surface area contributed by atoms with Crippen LogP contribution in [-0.4, -0.2) is 43.4 Å². The molecule has 9 nitrogen and oxygen atoms in total. The largest absolute Gasteiger partial charge is 0.493 e. The van der Waals surface area contributed by atoms with Crippen LogP contribution in [0.15, 0.2) is 63.6 Å². The number of benzene rings is 2. The zero-order valence-electron chi connectivity index (χ0n) is 16.8. The van der Waals surface area contributed by atoms with Crippen LogP contribution >= 0.6 is 23.4 Å². The van der Waals surface area contributed by atoms with Gasteiger partial charge in [-0.25, -0.2) is 9.59 Å². The number of carbonyl (C=O) groups excluding carboxylic acids is 3. The third kappa shape index (κ3) is 5.74. The van der Waals surface area contributed by atoms with Gasteiger partial charge in [-0.15, -0.1) is 5.10 Å². The minimum atomic E-state index is -0.651. The average molecular weight is 474 g/mol. The molecule has 1 N–H and O–H groups in total. The molecule has 11 heteroatoms. The molecule has 3 rings (SSSR count). The van der Waals surface area contributed by atoms with Gasteiger partial charge >= 0.3 is 11.9 Å². The van der Waals surface area contributed by atoms with Crippen molar-refractivity contribution in [3.63, 3.8) is 0 Å². The van der Waals surface area contributed by atoms with Gasteiger partial charge in [0.05, 0.1) is 35.9 Å². The topological polar surface area (TPSA) is 116 Å². The molecule has 0 aliphatic carbocycles. The smallest absolute Gasteiger partial charge is 0.343 e. The molecule has 0 spiro atoms. The monoisotopic (exact) mass is 473 g/mol. The summed E-state index contributed by atoms with van der Waals surface area (Å²) in [5.41, 5.74) is 0.874. The van der Waals surface area contributed by atoms with Gasteiger partial charge in [-0.2, -0.15) is 5.10 Å². The van der Waals surface area contributed by atoms with Crippen LogP contribution < -0.4 is 14.8 Å². The molecule has 0 radical (unpaired) electrons. The van der Waals surface area contributed by atoms with E-state index in [1.165, 1.54) is 26.5 Å². The number of hydrogen-bond acceptors (Lipinski definition) is 9. The molecule has 0 bridgehead atoms. The molecule has 2 aromatic carbocycles. The van der Waals surface area contributed by atoms with E-state index >= 15 is 0 Å². The fraction of sp³-hybridized carbons (Fsp3) is 0.0952. The number of nitrogens with zero attached hydrogens (tertiary/aromatic N) is 2. The summed E-state index contributed by atoms with van der Waals surface area (Å²) >= 11 is 7.23. The normalized spacial score (nSPS) is 15.8. The molecule has 2 aromatic rings. The first-order valence-electron chi connectivity index (χ1n) is 8.96. The number of nitrogens with one attached hydrogen (secondary N) is 1. The molecular weight excluding hydrogens is 458 g/mol. The van der Waals surface area contributed by atoms with E-state index in [0.717, 1.165) is 17.8 Å². The summed E-state index contributed by atoms with van der Waals surface area (Å²) in [5.74, 6) is -1.42. The Morgan fingerprint density at radius 1 is 1.16 bits per heavy atom. The van der Waals surface area contributed by atoms with Crippen molar-refractivity contribution in [2.45, 2.75) is 0 Å². The van der Waals surface area contributed by atoms with Crippen molar-refractivity contribution in [2.24, 2.45) is 10.2 Å². The van der Waals surface area contributed by atoms with Crippen LogP contribution in [0.4, 0.5) is 0 Å². The van der Waals surface area contributed by atoms with Crippen LogP contribution in [0.5, 0.6) is 11.5 Å². The maximum atomic E-state index is 12.3. The number of thioether (sulfide) groups is 1. The van der Waals surface area contributed by atoms with Crippen molar-refractivity contribution in [1.29, 1.82) is 0 Å². The SMILES string of the molecule is COC(=O)/C=C1/S/C(=N\N=Cc2cc(Cl)c(OC(=O)c3ccccc3)c(OC)c2)NC1=O. The number of amides is 1. The van der Waals surface area contributed by atoms with Crippen molar-refractivity contribution in [3.8, 4) is 11.5 Å². The first-order chi connectivity index (χ1) is 15.4. The minimum Gasteiger partial charge on any atom is -0.493 e. The predicted octanol–water partition coefficient (Wildman–Crippen LogP) is 3.18. The summed E-state index contributed by atoms with van der Waals surface area (Å²) in [4.78, 5) is 35.5. The molecule has 1 fully saturated rings. The highest BCUT2D eigenvalue weighted by Gasteiger charge is 2.25. The summed E-state index contributed by atoms with van der Waals surface area (Å²) in [6.07, 6.45) is 2.44. The molecule has 1 saturated heterocycles. The van der Waals surface area contributed by atoms with Gasteiger partial charge in [-0.05, 0) is 36.0 Å². The molecule has 0 atom stereocenters. The summed E-state index contributed by atoms with van der Waals surface area (Å²) in [6, 6.07) is 11.5. The highest BCUT2D eigenvalue weighted by Crippen LogP contribution is 2.36. The zero-order valence-corrected chi connectivity index (χ0v) is 18.4. The zero-order chi connectivity index (χ0) is 23.1. The van der Waals surface area contributed by atoms with Gasteiger partial charge in [-0.1, -0.05) is 29.8 Å². The van der Waals surface area contributed by atoms with Crippen LogP contribution in [0.3, 0.4) is 0 Å². The van der Waals surface area contributed by atoms with Gasteiger partial charge in [-0.3, -0.25) is 10.1 Å². The van der Waals surface area contributed by atoms with Crippen molar-refractivity contribution < 1.29 is 28.6 Å². The Hall–Kier alpha value is -3.63. The third-order valence-electron chi connectivity index (χ3n) is 3.91. The number of ether oxygens (including phenoxy) is 3. The standard InChI is InChI=1S/C21H16ClN3O6S/c1-29-15-9-12(8-14(22)18(15)31-20(28)13-6-4-3-5-7-13)11-23-25-21-24-19(27)16(32-21)10-17(26)30-2/h3-11H,1-2H3,(H,24,25,27)/b16-10+,23-11?. The van der Waals surface area contributed by atoms with E-state index in [9.17, 15) is 14.4 Å². The van der Waals surface area contributed by atoms with Crippen molar-refractivity contribution in [3.05, 3.63) is 69.6 Å².